The molecule has 0 spiro atoms. The number of para-hydroxylation sites is 1. The molecule has 2 heterocycles. The van der Waals surface area contributed by atoms with E-state index in [0.29, 0.717) is 38.3 Å². The van der Waals surface area contributed by atoms with Gasteiger partial charge >= 0.3 is 0 Å². The summed E-state index contributed by atoms with van der Waals surface area (Å²) >= 11 is 0. The van der Waals surface area contributed by atoms with Gasteiger partial charge in [0.2, 0.25) is 5.91 Å². The third kappa shape index (κ3) is 4.54. The third-order valence-corrected chi connectivity index (χ3v) is 4.72. The van der Waals surface area contributed by atoms with Crippen LogP contribution in [0.1, 0.15) is 29.9 Å². The van der Waals surface area contributed by atoms with E-state index in [-0.39, 0.29) is 17.9 Å². The molecule has 1 fully saturated rings. The number of rotatable bonds is 5. The first-order valence-corrected chi connectivity index (χ1v) is 9.36. The van der Waals surface area contributed by atoms with Gasteiger partial charge in [0, 0.05) is 32.2 Å². The maximum atomic E-state index is 12.9. The molecule has 1 aromatic carbocycles. The molecular weight excluding hydrogens is 342 g/mol. The number of nitrogens with zero attached hydrogens (tertiary/aromatic N) is 4. The molecule has 0 saturated carbocycles. The van der Waals surface area contributed by atoms with E-state index in [1.54, 1.807) is 10.9 Å². The van der Waals surface area contributed by atoms with Crippen LogP contribution in [0.5, 0.6) is 0 Å². The molecule has 1 aliphatic heterocycles. The first-order valence-electron chi connectivity index (χ1n) is 9.36. The zero-order chi connectivity index (χ0) is 19.4. The fourth-order valence-corrected chi connectivity index (χ4v) is 3.30. The maximum absolute atomic E-state index is 12.9. The van der Waals surface area contributed by atoms with Gasteiger partial charge in [0.25, 0.3) is 5.91 Å². The van der Waals surface area contributed by atoms with Gasteiger partial charge < -0.3 is 10.2 Å². The number of carbonyl (C=O) groups excluding carboxylic acids is 2. The molecule has 0 atom stereocenters. The summed E-state index contributed by atoms with van der Waals surface area (Å²) in [5, 5.41) is 7.29. The highest BCUT2D eigenvalue weighted by molar-refractivity contribution is 5.95. The number of hydrogen-bond acceptors (Lipinski definition) is 4. The zero-order valence-electron chi connectivity index (χ0n) is 16.2. The zero-order valence-corrected chi connectivity index (χ0v) is 16.2. The van der Waals surface area contributed by atoms with Crippen LogP contribution in [0.15, 0.2) is 36.5 Å². The molecule has 7 heteroatoms. The van der Waals surface area contributed by atoms with Crippen LogP contribution in [0.25, 0.3) is 5.69 Å². The van der Waals surface area contributed by atoms with Gasteiger partial charge in [0.1, 0.15) is 0 Å². The molecule has 7 nitrogen and oxygen atoms in total. The van der Waals surface area contributed by atoms with E-state index in [1.165, 1.54) is 0 Å². The van der Waals surface area contributed by atoms with Crippen LogP contribution in [0, 0.1) is 6.92 Å². The summed E-state index contributed by atoms with van der Waals surface area (Å²) < 4.78 is 1.79. The number of piperazine rings is 1. The summed E-state index contributed by atoms with van der Waals surface area (Å²) in [6.45, 7) is 8.82. The van der Waals surface area contributed by atoms with Crippen molar-refractivity contribution in [3.8, 4) is 5.69 Å². The molecule has 1 N–H and O–H groups in total. The Balaban J connectivity index is 1.60. The number of aromatic nitrogens is 2. The second-order valence-electron chi connectivity index (χ2n) is 7.18. The molecule has 144 valence electrons. The summed E-state index contributed by atoms with van der Waals surface area (Å²) in [5.41, 5.74) is 2.41. The number of hydrogen-bond donors (Lipinski definition) is 1. The van der Waals surface area contributed by atoms with Crippen LogP contribution < -0.4 is 5.32 Å². The molecule has 0 radical (unpaired) electrons. The minimum atomic E-state index is 0.000892. The molecule has 3 rings (SSSR count). The number of amides is 2. The molecular formula is C20H27N5O2. The van der Waals surface area contributed by atoms with Crippen LogP contribution in [-0.4, -0.2) is 70.2 Å². The van der Waals surface area contributed by atoms with E-state index < -0.39 is 0 Å². The lowest BCUT2D eigenvalue weighted by Crippen LogP contribution is -2.51. The Morgan fingerprint density at radius 1 is 1.11 bits per heavy atom. The van der Waals surface area contributed by atoms with Crippen molar-refractivity contribution < 1.29 is 9.59 Å². The van der Waals surface area contributed by atoms with Gasteiger partial charge in [-0.3, -0.25) is 14.5 Å². The standard InChI is InChI=1S/C20H27N5O2/c1-15(2)22-19(26)14-23-9-11-24(12-10-23)20(27)18-13-21-25(16(18)3)17-7-5-4-6-8-17/h4-8,13,15H,9-12,14H2,1-3H3,(H,22,26). The smallest absolute Gasteiger partial charge is 0.257 e. The van der Waals surface area contributed by atoms with E-state index >= 15 is 0 Å². The van der Waals surface area contributed by atoms with Gasteiger partial charge in [-0.25, -0.2) is 4.68 Å². The lowest BCUT2D eigenvalue weighted by Gasteiger charge is -2.34. The minimum Gasteiger partial charge on any atom is -0.353 e. The van der Waals surface area contributed by atoms with Crippen molar-refractivity contribution in [2.24, 2.45) is 0 Å². The van der Waals surface area contributed by atoms with Gasteiger partial charge in [-0.2, -0.15) is 5.10 Å². The summed E-state index contributed by atoms with van der Waals surface area (Å²) in [4.78, 5) is 28.7. The fraction of sp³-hybridized carbons (Fsp3) is 0.450. The lowest BCUT2D eigenvalue weighted by atomic mass is 10.2. The second-order valence-corrected chi connectivity index (χ2v) is 7.18. The largest absolute Gasteiger partial charge is 0.353 e. The predicted molar refractivity (Wildman–Crippen MR) is 104 cm³/mol. The first kappa shape index (κ1) is 19.1. The summed E-state index contributed by atoms with van der Waals surface area (Å²) in [5.74, 6) is 0.0331. The lowest BCUT2D eigenvalue weighted by molar-refractivity contribution is -0.123. The van der Waals surface area contributed by atoms with Crippen molar-refractivity contribution in [2.45, 2.75) is 26.8 Å². The molecule has 0 unspecified atom stereocenters. The Morgan fingerprint density at radius 3 is 2.41 bits per heavy atom. The highest BCUT2D eigenvalue weighted by atomic mass is 16.2. The maximum Gasteiger partial charge on any atom is 0.257 e. The topological polar surface area (TPSA) is 70.5 Å². The molecule has 0 aliphatic carbocycles. The Hall–Kier alpha value is -2.67. The van der Waals surface area contributed by atoms with Crippen molar-refractivity contribution in [1.29, 1.82) is 0 Å². The van der Waals surface area contributed by atoms with Crippen LogP contribution in [0.2, 0.25) is 0 Å². The molecule has 27 heavy (non-hydrogen) atoms. The Morgan fingerprint density at radius 2 is 1.78 bits per heavy atom. The number of nitrogens with one attached hydrogen (secondary N) is 1. The Bertz CT molecular complexity index is 792. The van der Waals surface area contributed by atoms with Gasteiger partial charge in [0.05, 0.1) is 29.7 Å². The number of carbonyl (C=O) groups is 2. The van der Waals surface area contributed by atoms with Crippen LogP contribution in [0.4, 0.5) is 0 Å². The van der Waals surface area contributed by atoms with Crippen LogP contribution in [-0.2, 0) is 4.79 Å². The van der Waals surface area contributed by atoms with Crippen molar-refractivity contribution in [2.75, 3.05) is 32.7 Å². The molecule has 2 aromatic rings. The highest BCUT2D eigenvalue weighted by Crippen LogP contribution is 2.16. The van der Waals surface area contributed by atoms with Crippen molar-refractivity contribution in [3.05, 3.63) is 47.8 Å². The Kier molecular flexibility index (Phi) is 5.91. The van der Waals surface area contributed by atoms with E-state index in [0.717, 1.165) is 11.4 Å². The highest BCUT2D eigenvalue weighted by Gasteiger charge is 2.26. The third-order valence-electron chi connectivity index (χ3n) is 4.72. The van der Waals surface area contributed by atoms with Crippen molar-refractivity contribution in [3.63, 3.8) is 0 Å². The van der Waals surface area contributed by atoms with Crippen molar-refractivity contribution >= 4 is 11.8 Å². The van der Waals surface area contributed by atoms with Crippen LogP contribution in [0.3, 0.4) is 0 Å². The van der Waals surface area contributed by atoms with Gasteiger partial charge in [0.15, 0.2) is 0 Å². The molecule has 2 amide bonds. The fourth-order valence-electron chi connectivity index (χ4n) is 3.30. The van der Waals surface area contributed by atoms with E-state index in [1.807, 2.05) is 56.0 Å². The molecule has 1 saturated heterocycles. The average molecular weight is 369 g/mol. The summed E-state index contributed by atoms with van der Waals surface area (Å²) in [7, 11) is 0. The summed E-state index contributed by atoms with van der Waals surface area (Å²) in [6.07, 6.45) is 1.65. The summed E-state index contributed by atoms with van der Waals surface area (Å²) in [6, 6.07) is 9.93. The first-order chi connectivity index (χ1) is 13.0. The van der Waals surface area contributed by atoms with Gasteiger partial charge in [-0.05, 0) is 32.9 Å². The number of benzene rings is 1. The average Bonchev–Trinajstić information content (AvgIpc) is 3.03. The molecule has 1 aromatic heterocycles. The van der Waals surface area contributed by atoms with E-state index in [4.69, 9.17) is 0 Å². The predicted octanol–water partition coefficient (Wildman–Crippen LogP) is 1.46. The van der Waals surface area contributed by atoms with E-state index in [9.17, 15) is 9.59 Å². The Labute approximate surface area is 159 Å². The van der Waals surface area contributed by atoms with Gasteiger partial charge in [-0.15, -0.1) is 0 Å². The van der Waals surface area contributed by atoms with Gasteiger partial charge in [-0.1, -0.05) is 18.2 Å². The molecule has 0 bridgehead atoms. The monoisotopic (exact) mass is 369 g/mol. The van der Waals surface area contributed by atoms with Crippen LogP contribution >= 0.6 is 0 Å². The van der Waals surface area contributed by atoms with Crippen molar-refractivity contribution in [1.82, 2.24) is 24.9 Å². The SMILES string of the molecule is Cc1c(C(=O)N2CCN(CC(=O)NC(C)C)CC2)cnn1-c1ccccc1. The normalized spacial score (nSPS) is 15.2. The van der Waals surface area contributed by atoms with E-state index in [2.05, 4.69) is 15.3 Å². The molecule has 1 aliphatic rings. The minimum absolute atomic E-state index is 0.000892. The quantitative estimate of drug-likeness (QED) is 0.866. The second kappa shape index (κ2) is 8.35.